The van der Waals surface area contributed by atoms with Crippen molar-refractivity contribution in [2.24, 2.45) is 0 Å². The molecule has 0 aliphatic heterocycles. The van der Waals surface area contributed by atoms with Gasteiger partial charge in [-0.2, -0.15) is 0 Å². The summed E-state index contributed by atoms with van der Waals surface area (Å²) in [6.45, 7) is 0. The Kier molecular flexibility index (Phi) is 2.08. The predicted molar refractivity (Wildman–Crippen MR) is 65.5 cm³/mol. The summed E-state index contributed by atoms with van der Waals surface area (Å²) in [7, 11) is 1.58. The molecule has 0 unspecified atom stereocenters. The van der Waals surface area contributed by atoms with E-state index in [9.17, 15) is 4.79 Å². The van der Waals surface area contributed by atoms with Crippen LogP contribution in [-0.2, 0) is 0 Å². The molecule has 2 heterocycles. The molecule has 0 radical (unpaired) electrons. The smallest absolute Gasteiger partial charge is 0.265 e. The van der Waals surface area contributed by atoms with Crippen LogP contribution in [0.15, 0.2) is 47.4 Å². The molecule has 0 bridgehead atoms. The molecule has 4 heteroatoms. The minimum Gasteiger partial charge on any atom is -0.497 e. The van der Waals surface area contributed by atoms with Crippen LogP contribution < -0.4 is 10.3 Å². The Hall–Kier alpha value is -2.36. The summed E-state index contributed by atoms with van der Waals surface area (Å²) in [5, 5.41) is 0.563. The maximum Gasteiger partial charge on any atom is 0.265 e. The molecular formula is C13H10N2O2. The first-order valence-corrected chi connectivity index (χ1v) is 5.25. The second kappa shape index (κ2) is 3.59. The number of benzene rings is 1. The van der Waals surface area contributed by atoms with Gasteiger partial charge in [0.1, 0.15) is 11.4 Å². The third kappa shape index (κ3) is 1.45. The predicted octanol–water partition coefficient (Wildman–Crippen LogP) is 1.86. The van der Waals surface area contributed by atoms with Crippen molar-refractivity contribution in [3.63, 3.8) is 0 Å². The van der Waals surface area contributed by atoms with Crippen molar-refractivity contribution >= 4 is 16.6 Å². The lowest BCUT2D eigenvalue weighted by Crippen LogP contribution is -2.14. The Morgan fingerprint density at radius 3 is 2.94 bits per heavy atom. The molecule has 0 spiro atoms. The molecule has 1 aromatic carbocycles. The Morgan fingerprint density at radius 2 is 2.12 bits per heavy atom. The minimum atomic E-state index is -0.0792. The fraction of sp³-hybridized carbons (Fsp3) is 0.0769. The first-order valence-electron chi connectivity index (χ1n) is 5.25. The molecule has 3 aromatic rings. The zero-order valence-electron chi connectivity index (χ0n) is 9.25. The number of nitrogens with zero attached hydrogens (tertiary/aromatic N) is 2. The molecule has 0 aliphatic carbocycles. The molecule has 84 valence electrons. The number of rotatable bonds is 1. The van der Waals surface area contributed by atoms with Crippen LogP contribution in [0.2, 0.25) is 0 Å². The van der Waals surface area contributed by atoms with Crippen molar-refractivity contribution in [1.82, 2.24) is 9.38 Å². The maximum absolute atomic E-state index is 12.2. The van der Waals surface area contributed by atoms with Crippen LogP contribution in [0.1, 0.15) is 0 Å². The Morgan fingerprint density at radius 1 is 1.24 bits per heavy atom. The highest BCUT2D eigenvalue weighted by Crippen LogP contribution is 2.16. The van der Waals surface area contributed by atoms with Crippen molar-refractivity contribution in [2.45, 2.75) is 0 Å². The topological polar surface area (TPSA) is 43.6 Å². The third-order valence-electron chi connectivity index (χ3n) is 2.73. The second-order valence-corrected chi connectivity index (χ2v) is 3.73. The van der Waals surface area contributed by atoms with Crippen LogP contribution in [0.25, 0.3) is 16.6 Å². The van der Waals surface area contributed by atoms with E-state index in [1.165, 1.54) is 4.40 Å². The van der Waals surface area contributed by atoms with Gasteiger partial charge >= 0.3 is 0 Å². The number of aromatic nitrogens is 2. The highest BCUT2D eigenvalue weighted by molar-refractivity contribution is 5.81. The highest BCUT2D eigenvalue weighted by Gasteiger charge is 2.05. The number of hydrogen-bond acceptors (Lipinski definition) is 3. The largest absolute Gasteiger partial charge is 0.497 e. The van der Waals surface area contributed by atoms with E-state index in [1.807, 2.05) is 18.2 Å². The van der Waals surface area contributed by atoms with Gasteiger partial charge in [0, 0.05) is 6.20 Å². The van der Waals surface area contributed by atoms with Crippen molar-refractivity contribution in [3.05, 3.63) is 52.9 Å². The third-order valence-corrected chi connectivity index (χ3v) is 2.73. The maximum atomic E-state index is 12.2. The van der Waals surface area contributed by atoms with Gasteiger partial charge in [-0.25, -0.2) is 4.98 Å². The van der Waals surface area contributed by atoms with E-state index >= 15 is 0 Å². The quantitative estimate of drug-likeness (QED) is 0.595. The number of hydrogen-bond donors (Lipinski definition) is 0. The molecule has 4 nitrogen and oxygen atoms in total. The first kappa shape index (κ1) is 9.84. The lowest BCUT2D eigenvalue weighted by atomic mass is 10.2. The molecule has 0 amide bonds. The zero-order chi connectivity index (χ0) is 11.8. The van der Waals surface area contributed by atoms with Crippen molar-refractivity contribution in [3.8, 4) is 5.75 Å². The lowest BCUT2D eigenvalue weighted by molar-refractivity contribution is 0.415. The van der Waals surface area contributed by atoms with Gasteiger partial charge < -0.3 is 4.74 Å². The number of ether oxygens (including phenoxy) is 1. The van der Waals surface area contributed by atoms with Crippen LogP contribution >= 0.6 is 0 Å². The van der Waals surface area contributed by atoms with Crippen LogP contribution in [0.5, 0.6) is 5.75 Å². The van der Waals surface area contributed by atoms with E-state index in [4.69, 9.17) is 4.74 Å². The summed E-state index contributed by atoms with van der Waals surface area (Å²) in [5.74, 6) is 0.660. The van der Waals surface area contributed by atoms with Crippen LogP contribution in [0.3, 0.4) is 0 Å². The Bertz CT molecular complexity index is 762. The summed E-state index contributed by atoms with van der Waals surface area (Å²) in [6.07, 6.45) is 1.71. The SMILES string of the molecule is COc1ccc2nc3ccccn3c(=O)c2c1. The molecule has 2 aromatic heterocycles. The molecular weight excluding hydrogens is 216 g/mol. The van der Waals surface area contributed by atoms with E-state index in [-0.39, 0.29) is 5.56 Å². The van der Waals surface area contributed by atoms with E-state index in [2.05, 4.69) is 4.98 Å². The second-order valence-electron chi connectivity index (χ2n) is 3.73. The van der Waals surface area contributed by atoms with E-state index in [0.29, 0.717) is 22.3 Å². The Labute approximate surface area is 97.1 Å². The number of methoxy groups -OCH3 is 1. The normalized spacial score (nSPS) is 10.9. The molecule has 0 aliphatic rings. The van der Waals surface area contributed by atoms with Crippen LogP contribution in [-0.4, -0.2) is 16.5 Å². The van der Waals surface area contributed by atoms with Crippen LogP contribution in [0.4, 0.5) is 0 Å². The average molecular weight is 226 g/mol. The summed E-state index contributed by atoms with van der Waals surface area (Å²) in [5.41, 5.74) is 1.25. The van der Waals surface area contributed by atoms with Gasteiger partial charge in [0.15, 0.2) is 0 Å². The van der Waals surface area contributed by atoms with E-state index < -0.39 is 0 Å². The van der Waals surface area contributed by atoms with Gasteiger partial charge in [0.05, 0.1) is 18.0 Å². The van der Waals surface area contributed by atoms with Gasteiger partial charge in [-0.3, -0.25) is 9.20 Å². The number of fused-ring (bicyclic) bond motifs is 2. The fourth-order valence-corrected chi connectivity index (χ4v) is 1.86. The van der Waals surface area contributed by atoms with Gasteiger partial charge in [0.25, 0.3) is 5.56 Å². The van der Waals surface area contributed by atoms with Gasteiger partial charge in [-0.05, 0) is 30.3 Å². The molecule has 0 saturated carbocycles. The summed E-state index contributed by atoms with van der Waals surface area (Å²) in [4.78, 5) is 16.6. The molecule has 0 fully saturated rings. The average Bonchev–Trinajstić information content (AvgIpc) is 2.39. The van der Waals surface area contributed by atoms with Gasteiger partial charge in [-0.15, -0.1) is 0 Å². The van der Waals surface area contributed by atoms with E-state index in [1.54, 1.807) is 31.5 Å². The molecule has 0 saturated heterocycles. The molecule has 0 atom stereocenters. The van der Waals surface area contributed by atoms with Crippen LogP contribution in [0, 0.1) is 0 Å². The van der Waals surface area contributed by atoms with E-state index in [0.717, 1.165) is 0 Å². The Balaban J connectivity index is 2.51. The number of pyridine rings is 1. The fourth-order valence-electron chi connectivity index (χ4n) is 1.86. The molecule has 3 rings (SSSR count). The highest BCUT2D eigenvalue weighted by atomic mass is 16.5. The first-order chi connectivity index (χ1) is 8.29. The van der Waals surface area contributed by atoms with Gasteiger partial charge in [0.2, 0.25) is 0 Å². The zero-order valence-corrected chi connectivity index (χ0v) is 9.25. The summed E-state index contributed by atoms with van der Waals surface area (Å²) in [6, 6.07) is 10.8. The van der Waals surface area contributed by atoms with Crippen molar-refractivity contribution in [2.75, 3.05) is 7.11 Å². The summed E-state index contributed by atoms with van der Waals surface area (Å²) >= 11 is 0. The van der Waals surface area contributed by atoms with Gasteiger partial charge in [-0.1, -0.05) is 6.07 Å². The lowest BCUT2D eigenvalue weighted by Gasteiger charge is -2.04. The molecule has 0 N–H and O–H groups in total. The monoisotopic (exact) mass is 226 g/mol. The van der Waals surface area contributed by atoms with Crippen molar-refractivity contribution < 1.29 is 4.74 Å². The minimum absolute atomic E-state index is 0.0792. The molecule has 17 heavy (non-hydrogen) atoms. The summed E-state index contributed by atoms with van der Waals surface area (Å²) < 4.78 is 6.64. The van der Waals surface area contributed by atoms with Crippen molar-refractivity contribution in [1.29, 1.82) is 0 Å². The standard InChI is InChI=1S/C13H10N2O2/c1-17-9-5-6-11-10(8-9)13(16)15-7-3-2-4-12(15)14-11/h2-8H,1H3.